The van der Waals surface area contributed by atoms with Gasteiger partial charge in [-0.25, -0.2) is 0 Å². The van der Waals surface area contributed by atoms with Crippen LogP contribution in [0.1, 0.15) is 6.42 Å². The monoisotopic (exact) mass is 374 g/mol. The first-order chi connectivity index (χ1) is 12.5. The molecule has 0 aromatic rings. The predicted molar refractivity (Wildman–Crippen MR) is 86.4 cm³/mol. The van der Waals surface area contributed by atoms with E-state index < -0.39 is 43.6 Å². The smallest absolute Gasteiger partial charge is 0.208 e. The van der Waals surface area contributed by atoms with Crippen LogP contribution < -0.4 is 0 Å². The lowest BCUT2D eigenvalue weighted by atomic mass is 9.80. The van der Waals surface area contributed by atoms with E-state index in [1.165, 1.54) is 0 Å². The van der Waals surface area contributed by atoms with E-state index in [-0.39, 0.29) is 18.1 Å². The van der Waals surface area contributed by atoms with Crippen LogP contribution in [0.25, 0.3) is 0 Å². The first-order valence-corrected chi connectivity index (χ1v) is 8.57. The fraction of sp³-hybridized carbons (Fsp3) is 0.765. The van der Waals surface area contributed by atoms with Crippen molar-refractivity contribution in [3.63, 3.8) is 0 Å². The lowest BCUT2D eigenvalue weighted by Crippen LogP contribution is -2.60. The van der Waals surface area contributed by atoms with Crippen molar-refractivity contribution in [1.29, 1.82) is 0 Å². The van der Waals surface area contributed by atoms with E-state index in [9.17, 15) is 20.4 Å². The summed E-state index contributed by atoms with van der Waals surface area (Å²) < 4.78 is 27.6. The Kier molecular flexibility index (Phi) is 6.31. The number of rotatable bonds is 5. The fourth-order valence-corrected chi connectivity index (χ4v) is 3.56. The maximum atomic E-state index is 10.1. The lowest BCUT2D eigenvalue weighted by molar-refractivity contribution is -0.340. The van der Waals surface area contributed by atoms with Crippen LogP contribution >= 0.6 is 0 Å². The molecule has 2 fully saturated rings. The Labute approximate surface area is 151 Å². The topological polar surface area (TPSA) is 127 Å². The number of aliphatic hydroxyl groups is 4. The summed E-state index contributed by atoms with van der Waals surface area (Å²) in [6.07, 6.45) is -4.07. The lowest BCUT2D eigenvalue weighted by Gasteiger charge is -2.44. The summed E-state index contributed by atoms with van der Waals surface area (Å²) in [7, 11) is 1.57. The van der Waals surface area contributed by atoms with Crippen LogP contribution in [0.4, 0.5) is 0 Å². The zero-order valence-electron chi connectivity index (χ0n) is 14.5. The number of hydrogen-bond donors (Lipinski definition) is 4. The van der Waals surface area contributed by atoms with Gasteiger partial charge in [-0.2, -0.15) is 0 Å². The Morgan fingerprint density at radius 1 is 1.23 bits per heavy atom. The summed E-state index contributed by atoms with van der Waals surface area (Å²) in [5, 5.41) is 39.2. The maximum absolute atomic E-state index is 10.1. The van der Waals surface area contributed by atoms with Gasteiger partial charge >= 0.3 is 0 Å². The van der Waals surface area contributed by atoms with Gasteiger partial charge in [0.1, 0.15) is 24.4 Å². The molecule has 0 aromatic heterocycles. The molecule has 2 saturated heterocycles. The van der Waals surface area contributed by atoms with Gasteiger partial charge in [-0.05, 0) is 5.57 Å². The minimum Gasteiger partial charge on any atom is -0.472 e. The second-order valence-corrected chi connectivity index (χ2v) is 6.66. The van der Waals surface area contributed by atoms with Gasteiger partial charge in [-0.15, -0.1) is 6.58 Å². The number of aliphatic hydroxyl groups excluding tert-OH is 4. The van der Waals surface area contributed by atoms with E-state index in [2.05, 4.69) is 6.58 Å². The van der Waals surface area contributed by atoms with Crippen molar-refractivity contribution in [3.8, 4) is 0 Å². The van der Waals surface area contributed by atoms with E-state index in [0.717, 1.165) is 5.57 Å². The molecule has 3 heterocycles. The van der Waals surface area contributed by atoms with Crippen LogP contribution in [0.3, 0.4) is 0 Å². The molecule has 0 unspecified atom stereocenters. The largest absolute Gasteiger partial charge is 0.472 e. The molecule has 4 N–H and O–H groups in total. The molecule has 0 radical (unpaired) electrons. The molecule has 0 aromatic carbocycles. The summed E-state index contributed by atoms with van der Waals surface area (Å²) in [4.78, 5) is 0. The van der Waals surface area contributed by atoms with Crippen molar-refractivity contribution in [3.05, 3.63) is 24.5 Å². The molecule has 148 valence electrons. The second-order valence-electron chi connectivity index (χ2n) is 6.66. The highest BCUT2D eigenvalue weighted by Crippen LogP contribution is 2.39. The van der Waals surface area contributed by atoms with Gasteiger partial charge in [0.25, 0.3) is 0 Å². The minimum atomic E-state index is -1.51. The summed E-state index contributed by atoms with van der Waals surface area (Å²) >= 11 is 0. The molecule has 0 aliphatic carbocycles. The van der Waals surface area contributed by atoms with E-state index in [1.807, 2.05) is 0 Å². The highest BCUT2D eigenvalue weighted by Gasteiger charge is 2.47. The third-order valence-electron chi connectivity index (χ3n) is 5.14. The van der Waals surface area contributed by atoms with Crippen LogP contribution in [-0.4, -0.2) is 84.0 Å². The highest BCUT2D eigenvalue weighted by molar-refractivity contribution is 5.15. The molecule has 9 nitrogen and oxygen atoms in total. The van der Waals surface area contributed by atoms with Crippen LogP contribution in [0.2, 0.25) is 0 Å². The summed E-state index contributed by atoms with van der Waals surface area (Å²) in [5.41, 5.74) is 0.955. The molecule has 3 aliphatic rings. The molecular weight excluding hydrogens is 348 g/mol. The third-order valence-corrected chi connectivity index (χ3v) is 5.14. The van der Waals surface area contributed by atoms with Gasteiger partial charge in [-0.3, -0.25) is 0 Å². The second kappa shape index (κ2) is 8.32. The summed E-state index contributed by atoms with van der Waals surface area (Å²) in [6, 6.07) is 0. The zero-order chi connectivity index (χ0) is 18.8. The van der Waals surface area contributed by atoms with Crippen molar-refractivity contribution < 1.29 is 44.1 Å². The van der Waals surface area contributed by atoms with Gasteiger partial charge in [0.05, 0.1) is 19.5 Å². The SMILES string of the molecule is C=C[C@H]1[C@H](O[C@@H]2O[C@H](CO)[C@@H](O)[C@H](O)[C@H]2O)OC=C2CO[C@H](OC)C[C@H]21. The maximum Gasteiger partial charge on any atom is 0.208 e. The van der Waals surface area contributed by atoms with Gasteiger partial charge in [0, 0.05) is 25.4 Å². The first kappa shape index (κ1) is 19.7. The summed E-state index contributed by atoms with van der Waals surface area (Å²) in [5.74, 6) is -0.237. The number of ether oxygens (including phenoxy) is 5. The number of methoxy groups -OCH3 is 1. The molecule has 0 bridgehead atoms. The van der Waals surface area contributed by atoms with Crippen LogP contribution in [-0.2, 0) is 23.7 Å². The van der Waals surface area contributed by atoms with Crippen molar-refractivity contribution in [2.24, 2.45) is 11.8 Å². The average Bonchev–Trinajstić information content (AvgIpc) is 2.67. The van der Waals surface area contributed by atoms with E-state index in [0.29, 0.717) is 13.0 Å². The molecule has 9 heteroatoms. The first-order valence-electron chi connectivity index (χ1n) is 8.57. The molecule has 0 saturated carbocycles. The van der Waals surface area contributed by atoms with E-state index in [4.69, 9.17) is 23.7 Å². The minimum absolute atomic E-state index is 0.0230. The number of hydrogen-bond acceptors (Lipinski definition) is 9. The van der Waals surface area contributed by atoms with E-state index >= 15 is 0 Å². The molecule has 0 amide bonds. The van der Waals surface area contributed by atoms with Crippen LogP contribution in [0.5, 0.6) is 0 Å². The Morgan fingerprint density at radius 2 is 2.00 bits per heavy atom. The quantitative estimate of drug-likeness (QED) is 0.441. The highest BCUT2D eigenvalue weighted by atomic mass is 16.8. The third kappa shape index (κ3) is 3.67. The number of fused-ring (bicyclic) bond motifs is 1. The molecule has 9 atom stereocenters. The van der Waals surface area contributed by atoms with Gasteiger partial charge in [-0.1, -0.05) is 6.08 Å². The average molecular weight is 374 g/mol. The van der Waals surface area contributed by atoms with Crippen molar-refractivity contribution in [2.75, 3.05) is 20.3 Å². The Balaban J connectivity index is 1.72. The van der Waals surface area contributed by atoms with Crippen LogP contribution in [0.15, 0.2) is 24.5 Å². The summed E-state index contributed by atoms with van der Waals surface area (Å²) in [6.45, 7) is 3.69. The van der Waals surface area contributed by atoms with Gasteiger partial charge < -0.3 is 44.1 Å². The van der Waals surface area contributed by atoms with Crippen molar-refractivity contribution >= 4 is 0 Å². The Bertz CT molecular complexity index is 522. The molecule has 26 heavy (non-hydrogen) atoms. The van der Waals surface area contributed by atoms with E-state index in [1.54, 1.807) is 19.4 Å². The van der Waals surface area contributed by atoms with Crippen molar-refractivity contribution in [1.82, 2.24) is 0 Å². The van der Waals surface area contributed by atoms with Gasteiger partial charge in [0.2, 0.25) is 6.29 Å². The zero-order valence-corrected chi connectivity index (χ0v) is 14.5. The Morgan fingerprint density at radius 3 is 2.65 bits per heavy atom. The normalized spacial score (nSPS) is 46.0. The fourth-order valence-electron chi connectivity index (χ4n) is 3.56. The van der Waals surface area contributed by atoms with Crippen LogP contribution in [0, 0.1) is 11.8 Å². The van der Waals surface area contributed by atoms with Gasteiger partial charge in [0.15, 0.2) is 12.6 Å². The van der Waals surface area contributed by atoms with Crippen molar-refractivity contribution in [2.45, 2.75) is 49.7 Å². The molecule has 3 rings (SSSR count). The predicted octanol–water partition coefficient (Wildman–Crippen LogP) is -1.15. The standard InChI is InChI=1S/C17H26O9/c1-3-9-10-4-12(22-2)23-6-8(10)7-24-16(9)26-17-15(21)14(20)13(19)11(5-18)25-17/h3,7,9-21H,1,4-6H2,2H3/t9-,10-,11-,12+,13-,14+,15-,16+,17+/m1/s1. The molecule has 0 spiro atoms. The Hall–Kier alpha value is -1.04. The molecule has 3 aliphatic heterocycles. The molecular formula is C17H26O9.